The number of hydrogen-bond donors (Lipinski definition) is 0. The van der Waals surface area contributed by atoms with Crippen molar-refractivity contribution in [1.82, 2.24) is 4.90 Å². The minimum Gasteiger partial charge on any atom is -0.469 e. The first-order valence-corrected chi connectivity index (χ1v) is 8.05. The lowest BCUT2D eigenvalue weighted by atomic mass is 10.1. The van der Waals surface area contributed by atoms with E-state index >= 15 is 0 Å². The summed E-state index contributed by atoms with van der Waals surface area (Å²) in [6.45, 7) is 0.787. The number of hydrogen-bond acceptors (Lipinski definition) is 4. The highest BCUT2D eigenvalue weighted by Gasteiger charge is 2.20. The highest BCUT2D eigenvalue weighted by molar-refractivity contribution is 9.10. The summed E-state index contributed by atoms with van der Waals surface area (Å²) in [6.07, 6.45) is 0.856. The molecule has 0 aliphatic heterocycles. The Morgan fingerprint density at radius 3 is 2.48 bits per heavy atom. The highest BCUT2D eigenvalue weighted by Crippen LogP contribution is 2.16. The summed E-state index contributed by atoms with van der Waals surface area (Å²) in [5.41, 5.74) is 1.13. The van der Waals surface area contributed by atoms with E-state index in [1.54, 1.807) is 17.0 Å². The number of rotatable bonds is 7. The highest BCUT2D eigenvalue weighted by atomic mass is 79.9. The van der Waals surface area contributed by atoms with E-state index in [4.69, 9.17) is 4.42 Å². The molecule has 2 aromatic rings. The maximum Gasteiger partial charge on any atom is 0.307 e. The Morgan fingerprint density at radius 2 is 1.87 bits per heavy atom. The van der Waals surface area contributed by atoms with E-state index in [1.807, 2.05) is 30.3 Å². The van der Waals surface area contributed by atoms with Gasteiger partial charge < -0.3 is 14.1 Å². The molecule has 2 rings (SSSR count). The van der Waals surface area contributed by atoms with E-state index in [0.29, 0.717) is 17.6 Å². The summed E-state index contributed by atoms with van der Waals surface area (Å²) in [6, 6.07) is 13.2. The molecule has 0 radical (unpaired) electrons. The number of methoxy groups -OCH3 is 1. The van der Waals surface area contributed by atoms with E-state index in [0.717, 1.165) is 5.56 Å². The van der Waals surface area contributed by atoms with Crippen molar-refractivity contribution >= 4 is 27.8 Å². The molecule has 6 heteroatoms. The van der Waals surface area contributed by atoms with Gasteiger partial charge in [0, 0.05) is 13.1 Å². The largest absolute Gasteiger partial charge is 0.469 e. The standard InChI is InChI=1S/C17H18BrNO4/c1-22-16(20)10-12-19(11-9-13-5-3-2-4-6-13)17(21)14-7-8-15(18)23-14/h2-8H,9-12H2,1H3. The lowest BCUT2D eigenvalue weighted by Crippen LogP contribution is -2.34. The number of ether oxygens (including phenoxy) is 1. The zero-order valence-corrected chi connectivity index (χ0v) is 14.4. The maximum absolute atomic E-state index is 12.5. The van der Waals surface area contributed by atoms with Crippen LogP contribution >= 0.6 is 15.9 Å². The molecule has 1 aromatic carbocycles. The first-order chi connectivity index (χ1) is 11.1. The number of amides is 1. The smallest absolute Gasteiger partial charge is 0.307 e. The van der Waals surface area contributed by atoms with Gasteiger partial charge in [-0.25, -0.2) is 0 Å². The molecule has 0 N–H and O–H groups in total. The van der Waals surface area contributed by atoms with Gasteiger partial charge in [-0.15, -0.1) is 0 Å². The number of furan rings is 1. The van der Waals surface area contributed by atoms with E-state index in [9.17, 15) is 9.59 Å². The first kappa shape index (κ1) is 17.3. The topological polar surface area (TPSA) is 59.8 Å². The Labute approximate surface area is 143 Å². The summed E-state index contributed by atoms with van der Waals surface area (Å²) in [5, 5.41) is 0. The number of benzene rings is 1. The predicted octanol–water partition coefficient (Wildman–Crippen LogP) is 3.29. The molecule has 0 saturated heterocycles. The van der Waals surface area contributed by atoms with Crippen molar-refractivity contribution in [2.45, 2.75) is 12.8 Å². The lowest BCUT2D eigenvalue weighted by molar-refractivity contribution is -0.140. The van der Waals surface area contributed by atoms with Crippen molar-refractivity contribution in [2.75, 3.05) is 20.2 Å². The van der Waals surface area contributed by atoms with Crippen LogP contribution in [0, 0.1) is 0 Å². The number of halogens is 1. The molecule has 0 saturated carbocycles. The van der Waals surface area contributed by atoms with Gasteiger partial charge in [-0.3, -0.25) is 9.59 Å². The second-order valence-electron chi connectivity index (χ2n) is 4.96. The summed E-state index contributed by atoms with van der Waals surface area (Å²) >= 11 is 3.19. The summed E-state index contributed by atoms with van der Waals surface area (Å²) in [7, 11) is 1.34. The molecular weight excluding hydrogens is 362 g/mol. The van der Waals surface area contributed by atoms with Gasteiger partial charge in [0.05, 0.1) is 13.5 Å². The molecule has 0 unspecified atom stereocenters. The minimum atomic E-state index is -0.344. The molecule has 1 heterocycles. The fourth-order valence-electron chi connectivity index (χ4n) is 2.14. The van der Waals surface area contributed by atoms with Crippen molar-refractivity contribution in [2.24, 2.45) is 0 Å². The van der Waals surface area contributed by atoms with Gasteiger partial charge in [0.1, 0.15) is 0 Å². The van der Waals surface area contributed by atoms with Crippen LogP contribution in [0.5, 0.6) is 0 Å². The van der Waals surface area contributed by atoms with Gasteiger partial charge in [0.25, 0.3) is 5.91 Å². The van der Waals surface area contributed by atoms with Crippen molar-refractivity contribution in [3.8, 4) is 0 Å². The monoisotopic (exact) mass is 379 g/mol. The Bertz CT molecular complexity index is 654. The van der Waals surface area contributed by atoms with Crippen LogP contribution in [0.1, 0.15) is 22.5 Å². The molecule has 5 nitrogen and oxygen atoms in total. The summed E-state index contributed by atoms with van der Waals surface area (Å²) in [5.74, 6) is -0.339. The zero-order chi connectivity index (χ0) is 16.7. The molecule has 0 spiro atoms. The van der Waals surface area contributed by atoms with E-state index in [2.05, 4.69) is 20.7 Å². The lowest BCUT2D eigenvalue weighted by Gasteiger charge is -2.21. The van der Waals surface area contributed by atoms with Gasteiger partial charge in [0.15, 0.2) is 10.4 Å². The van der Waals surface area contributed by atoms with Gasteiger partial charge >= 0.3 is 5.97 Å². The fraction of sp³-hybridized carbons (Fsp3) is 0.294. The van der Waals surface area contributed by atoms with Crippen LogP contribution in [-0.2, 0) is 16.0 Å². The van der Waals surface area contributed by atoms with Gasteiger partial charge in [-0.2, -0.15) is 0 Å². The Balaban J connectivity index is 2.04. The number of nitrogens with zero attached hydrogens (tertiary/aromatic N) is 1. The molecule has 122 valence electrons. The number of carbonyl (C=O) groups excluding carboxylic acids is 2. The molecule has 0 bridgehead atoms. The molecule has 0 aliphatic rings. The predicted molar refractivity (Wildman–Crippen MR) is 89.1 cm³/mol. The normalized spacial score (nSPS) is 10.3. The van der Waals surface area contributed by atoms with Gasteiger partial charge in [0.2, 0.25) is 0 Å². The molecule has 0 aliphatic carbocycles. The fourth-order valence-corrected chi connectivity index (χ4v) is 2.44. The Kier molecular flexibility index (Phi) is 6.40. The molecule has 23 heavy (non-hydrogen) atoms. The minimum absolute atomic E-state index is 0.152. The summed E-state index contributed by atoms with van der Waals surface area (Å²) < 4.78 is 10.5. The quantitative estimate of drug-likeness (QED) is 0.692. The third-order valence-electron chi connectivity index (χ3n) is 3.40. The number of carbonyl (C=O) groups is 2. The van der Waals surface area contributed by atoms with E-state index < -0.39 is 0 Å². The Morgan fingerprint density at radius 1 is 1.13 bits per heavy atom. The van der Waals surface area contributed by atoms with Gasteiger partial charge in [-0.1, -0.05) is 30.3 Å². The average Bonchev–Trinajstić information content (AvgIpc) is 3.01. The van der Waals surface area contributed by atoms with Crippen LogP contribution in [0.2, 0.25) is 0 Å². The van der Waals surface area contributed by atoms with Crippen LogP contribution in [0.4, 0.5) is 0 Å². The van der Waals surface area contributed by atoms with Crippen molar-refractivity contribution in [3.05, 3.63) is 58.5 Å². The number of esters is 1. The second-order valence-corrected chi connectivity index (χ2v) is 5.74. The van der Waals surface area contributed by atoms with Crippen LogP contribution in [-0.4, -0.2) is 37.0 Å². The van der Waals surface area contributed by atoms with Crippen LogP contribution < -0.4 is 0 Å². The molecule has 1 aromatic heterocycles. The SMILES string of the molecule is COC(=O)CCN(CCc1ccccc1)C(=O)c1ccc(Br)o1. The van der Waals surface area contributed by atoms with Crippen molar-refractivity contribution in [1.29, 1.82) is 0 Å². The zero-order valence-electron chi connectivity index (χ0n) is 12.8. The van der Waals surface area contributed by atoms with E-state index in [1.165, 1.54) is 7.11 Å². The van der Waals surface area contributed by atoms with Crippen molar-refractivity contribution in [3.63, 3.8) is 0 Å². The van der Waals surface area contributed by atoms with Gasteiger partial charge in [-0.05, 0) is 40.0 Å². The van der Waals surface area contributed by atoms with Crippen LogP contribution in [0.3, 0.4) is 0 Å². The average molecular weight is 380 g/mol. The molecule has 0 fully saturated rings. The second kappa shape index (κ2) is 8.53. The summed E-state index contributed by atoms with van der Waals surface area (Å²) in [4.78, 5) is 25.5. The van der Waals surface area contributed by atoms with Crippen molar-refractivity contribution < 1.29 is 18.7 Å². The molecule has 0 atom stereocenters. The third-order valence-corrected chi connectivity index (χ3v) is 3.82. The van der Waals surface area contributed by atoms with E-state index in [-0.39, 0.29) is 30.6 Å². The van der Waals surface area contributed by atoms with Crippen LogP contribution in [0.25, 0.3) is 0 Å². The first-order valence-electron chi connectivity index (χ1n) is 7.25. The third kappa shape index (κ3) is 5.25. The molecular formula is C17H18BrNO4. The maximum atomic E-state index is 12.5. The van der Waals surface area contributed by atoms with Crippen LogP contribution in [0.15, 0.2) is 51.6 Å². The molecule has 1 amide bonds. The Hall–Kier alpha value is -2.08.